The number of benzene rings is 2. The van der Waals surface area contributed by atoms with Crippen LogP contribution in [0.3, 0.4) is 0 Å². The summed E-state index contributed by atoms with van der Waals surface area (Å²) in [6.07, 6.45) is 0. The lowest BCUT2D eigenvalue weighted by Gasteiger charge is -2.12. The number of nitrogens with one attached hydrogen (secondary N) is 1. The third-order valence-electron chi connectivity index (χ3n) is 4.13. The fraction of sp³-hybridized carbons (Fsp3) is 0.136. The van der Waals surface area contributed by atoms with Gasteiger partial charge in [-0.15, -0.1) is 0 Å². The van der Waals surface area contributed by atoms with Crippen LogP contribution in [0.15, 0.2) is 69.9 Å². The van der Waals surface area contributed by atoms with E-state index in [9.17, 15) is 14.4 Å². The van der Waals surface area contributed by atoms with Gasteiger partial charge in [0.2, 0.25) is 0 Å². The van der Waals surface area contributed by atoms with Gasteiger partial charge in [-0.1, -0.05) is 42.5 Å². The Morgan fingerprint density at radius 3 is 2.38 bits per heavy atom. The Labute approximate surface area is 166 Å². The van der Waals surface area contributed by atoms with Gasteiger partial charge in [0, 0.05) is 18.7 Å². The summed E-state index contributed by atoms with van der Waals surface area (Å²) >= 11 is 0. The van der Waals surface area contributed by atoms with Gasteiger partial charge in [-0.25, -0.2) is 4.79 Å². The van der Waals surface area contributed by atoms with E-state index in [-0.39, 0.29) is 29.2 Å². The molecule has 0 fully saturated rings. The highest BCUT2D eigenvalue weighted by Crippen LogP contribution is 2.25. The molecule has 0 atom stereocenters. The van der Waals surface area contributed by atoms with E-state index in [4.69, 9.17) is 13.9 Å². The molecule has 0 bridgehead atoms. The van der Waals surface area contributed by atoms with Crippen LogP contribution in [0.2, 0.25) is 0 Å². The van der Waals surface area contributed by atoms with Gasteiger partial charge in [-0.2, -0.15) is 0 Å². The molecular formula is C22H19NO6. The lowest BCUT2D eigenvalue weighted by atomic mass is 10.1. The minimum atomic E-state index is -0.696. The predicted molar refractivity (Wildman–Crippen MR) is 107 cm³/mol. The van der Waals surface area contributed by atoms with Gasteiger partial charge in [-0.3, -0.25) is 9.59 Å². The molecule has 3 aromatic rings. The summed E-state index contributed by atoms with van der Waals surface area (Å²) in [5, 5.41) is 2.61. The minimum Gasteiger partial charge on any atom is -0.465 e. The van der Waals surface area contributed by atoms with Gasteiger partial charge in [0.1, 0.15) is 17.9 Å². The second-order valence-electron chi connectivity index (χ2n) is 6.07. The van der Waals surface area contributed by atoms with E-state index in [1.54, 1.807) is 42.5 Å². The molecule has 7 nitrogen and oxygen atoms in total. The van der Waals surface area contributed by atoms with Crippen LogP contribution in [-0.2, 0) is 16.1 Å². The molecule has 0 saturated carbocycles. The fourth-order valence-corrected chi connectivity index (χ4v) is 2.83. The summed E-state index contributed by atoms with van der Waals surface area (Å²) in [5.74, 6) is -0.884. The number of ether oxygens (including phenoxy) is 2. The van der Waals surface area contributed by atoms with E-state index in [2.05, 4.69) is 5.32 Å². The number of para-hydroxylation sites is 1. The standard InChI is InChI=1S/C22H19NO6/c1-27-13-15-12-18(24)19(20(29-15)14-8-4-3-5-9-14)21(25)23-17-11-7-6-10-16(17)22(26)28-2/h3-12H,13H2,1-2H3,(H,23,25). The van der Waals surface area contributed by atoms with Crippen molar-refractivity contribution in [3.8, 4) is 11.3 Å². The van der Waals surface area contributed by atoms with Gasteiger partial charge in [0.15, 0.2) is 11.2 Å². The zero-order valence-corrected chi connectivity index (χ0v) is 15.9. The third-order valence-corrected chi connectivity index (χ3v) is 4.13. The van der Waals surface area contributed by atoms with Crippen molar-refractivity contribution in [1.29, 1.82) is 0 Å². The van der Waals surface area contributed by atoms with E-state index in [0.29, 0.717) is 11.3 Å². The molecule has 0 saturated heterocycles. The van der Waals surface area contributed by atoms with Crippen molar-refractivity contribution in [2.45, 2.75) is 6.61 Å². The van der Waals surface area contributed by atoms with Gasteiger partial charge in [0.05, 0.1) is 18.4 Å². The number of rotatable bonds is 6. The Morgan fingerprint density at radius 1 is 1.00 bits per heavy atom. The van der Waals surface area contributed by atoms with Crippen molar-refractivity contribution in [3.63, 3.8) is 0 Å². The maximum Gasteiger partial charge on any atom is 0.339 e. The molecule has 29 heavy (non-hydrogen) atoms. The highest BCUT2D eigenvalue weighted by molar-refractivity contribution is 6.10. The number of anilines is 1. The molecule has 0 aliphatic rings. The molecular weight excluding hydrogens is 374 g/mol. The fourth-order valence-electron chi connectivity index (χ4n) is 2.83. The molecule has 1 N–H and O–H groups in total. The first-order valence-corrected chi connectivity index (χ1v) is 8.75. The number of amides is 1. The van der Waals surface area contributed by atoms with Crippen molar-refractivity contribution in [3.05, 3.63) is 87.8 Å². The molecule has 2 aromatic carbocycles. The van der Waals surface area contributed by atoms with Crippen LogP contribution in [0.1, 0.15) is 26.5 Å². The van der Waals surface area contributed by atoms with E-state index < -0.39 is 17.3 Å². The average Bonchev–Trinajstić information content (AvgIpc) is 2.74. The number of carbonyl (C=O) groups is 2. The van der Waals surface area contributed by atoms with Gasteiger partial charge < -0.3 is 19.2 Å². The summed E-state index contributed by atoms with van der Waals surface area (Å²) in [6.45, 7) is 0.0855. The number of methoxy groups -OCH3 is 2. The van der Waals surface area contributed by atoms with Crippen LogP contribution in [-0.4, -0.2) is 26.1 Å². The first-order chi connectivity index (χ1) is 14.0. The highest BCUT2D eigenvalue weighted by atomic mass is 16.5. The van der Waals surface area contributed by atoms with Crippen molar-refractivity contribution >= 4 is 17.6 Å². The first-order valence-electron chi connectivity index (χ1n) is 8.75. The monoisotopic (exact) mass is 393 g/mol. The first kappa shape index (κ1) is 20.0. The van der Waals surface area contributed by atoms with Crippen molar-refractivity contribution in [2.24, 2.45) is 0 Å². The van der Waals surface area contributed by atoms with Crippen molar-refractivity contribution in [1.82, 2.24) is 0 Å². The van der Waals surface area contributed by atoms with Crippen LogP contribution in [0.25, 0.3) is 11.3 Å². The summed E-state index contributed by atoms with van der Waals surface area (Å²) < 4.78 is 15.6. The van der Waals surface area contributed by atoms with Gasteiger partial charge >= 0.3 is 5.97 Å². The molecule has 0 radical (unpaired) electrons. The summed E-state index contributed by atoms with van der Waals surface area (Å²) in [7, 11) is 2.73. The lowest BCUT2D eigenvalue weighted by molar-refractivity contribution is 0.0602. The number of carbonyl (C=O) groups excluding carboxylic acids is 2. The van der Waals surface area contributed by atoms with Crippen LogP contribution in [0.4, 0.5) is 5.69 Å². The van der Waals surface area contributed by atoms with Crippen molar-refractivity contribution < 1.29 is 23.5 Å². The Hall–Kier alpha value is -3.71. The average molecular weight is 393 g/mol. The maximum absolute atomic E-state index is 13.0. The third kappa shape index (κ3) is 4.41. The number of hydrogen-bond donors (Lipinski definition) is 1. The normalized spacial score (nSPS) is 10.4. The second kappa shape index (κ2) is 8.99. The maximum atomic E-state index is 13.0. The van der Waals surface area contributed by atoms with Crippen LogP contribution in [0.5, 0.6) is 0 Å². The summed E-state index contributed by atoms with van der Waals surface area (Å²) in [4.78, 5) is 37.7. The van der Waals surface area contributed by atoms with Crippen LogP contribution < -0.4 is 10.7 Å². The quantitative estimate of drug-likeness (QED) is 0.644. The molecule has 0 spiro atoms. The topological polar surface area (TPSA) is 94.8 Å². The Kier molecular flexibility index (Phi) is 6.21. The van der Waals surface area contributed by atoms with Gasteiger partial charge in [-0.05, 0) is 12.1 Å². The van der Waals surface area contributed by atoms with Crippen LogP contribution >= 0.6 is 0 Å². The van der Waals surface area contributed by atoms with Gasteiger partial charge in [0.25, 0.3) is 5.91 Å². The molecule has 3 rings (SSSR count). The minimum absolute atomic E-state index is 0.0855. The molecule has 1 aromatic heterocycles. The van der Waals surface area contributed by atoms with E-state index in [1.807, 2.05) is 6.07 Å². The largest absolute Gasteiger partial charge is 0.465 e. The molecule has 1 heterocycles. The van der Waals surface area contributed by atoms with Crippen LogP contribution in [0, 0.1) is 0 Å². The predicted octanol–water partition coefficient (Wildman–Crippen LogP) is 3.49. The molecule has 0 aliphatic carbocycles. The summed E-state index contributed by atoms with van der Waals surface area (Å²) in [6, 6.07) is 16.4. The highest BCUT2D eigenvalue weighted by Gasteiger charge is 2.23. The Morgan fingerprint density at radius 2 is 1.69 bits per heavy atom. The Bertz CT molecular complexity index is 1090. The van der Waals surface area contributed by atoms with E-state index in [0.717, 1.165) is 0 Å². The van der Waals surface area contributed by atoms with Crippen molar-refractivity contribution in [2.75, 3.05) is 19.5 Å². The molecule has 0 unspecified atom stereocenters. The Balaban J connectivity index is 2.08. The lowest BCUT2D eigenvalue weighted by Crippen LogP contribution is -2.24. The SMILES string of the molecule is COCc1cc(=O)c(C(=O)Nc2ccccc2C(=O)OC)c(-c2ccccc2)o1. The summed E-state index contributed by atoms with van der Waals surface area (Å²) in [5.41, 5.74) is 0.272. The second-order valence-corrected chi connectivity index (χ2v) is 6.07. The zero-order chi connectivity index (χ0) is 20.8. The molecule has 0 aliphatic heterocycles. The molecule has 148 valence electrons. The number of esters is 1. The molecule has 1 amide bonds. The van der Waals surface area contributed by atoms with E-state index in [1.165, 1.54) is 26.4 Å². The zero-order valence-electron chi connectivity index (χ0n) is 15.9. The molecule has 7 heteroatoms. The van der Waals surface area contributed by atoms with E-state index >= 15 is 0 Å². The number of hydrogen-bond acceptors (Lipinski definition) is 6. The smallest absolute Gasteiger partial charge is 0.339 e.